The van der Waals surface area contributed by atoms with E-state index >= 15 is 0 Å². The molecule has 5 nitrogen and oxygen atoms in total. The molecule has 0 aliphatic heterocycles. The van der Waals surface area contributed by atoms with Gasteiger partial charge in [0.25, 0.3) is 5.91 Å². The zero-order valence-corrected chi connectivity index (χ0v) is 11.0. The number of halogens is 1. The number of nitrogens with zero attached hydrogens (tertiary/aromatic N) is 3. The first-order valence-electron chi connectivity index (χ1n) is 5.88. The van der Waals surface area contributed by atoms with E-state index in [0.29, 0.717) is 5.69 Å². The fraction of sp³-hybridized carbons (Fsp3) is 0. The molecule has 3 rings (SSSR count). The van der Waals surface area contributed by atoms with Gasteiger partial charge in [0, 0.05) is 17.8 Å². The van der Waals surface area contributed by atoms with Crippen LogP contribution in [0.5, 0.6) is 0 Å². The minimum atomic E-state index is -0.377. The van der Waals surface area contributed by atoms with Crippen LogP contribution in [0.4, 0.5) is 5.82 Å². The fourth-order valence-corrected chi connectivity index (χ4v) is 1.92. The van der Waals surface area contributed by atoms with Crippen molar-refractivity contribution < 1.29 is 4.79 Å². The summed E-state index contributed by atoms with van der Waals surface area (Å²) in [6, 6.07) is 11.1. The number of aromatic nitrogens is 3. The molecule has 6 heteroatoms. The van der Waals surface area contributed by atoms with E-state index in [1.807, 2.05) is 30.3 Å². The molecule has 0 saturated carbocycles. The molecule has 0 spiro atoms. The summed E-state index contributed by atoms with van der Waals surface area (Å²) in [5.74, 6) is -0.160. The maximum Gasteiger partial charge on any atom is 0.275 e. The van der Waals surface area contributed by atoms with Crippen LogP contribution in [0.1, 0.15) is 10.5 Å². The number of anilines is 1. The summed E-state index contributed by atoms with van der Waals surface area (Å²) in [6.45, 7) is 0. The summed E-state index contributed by atoms with van der Waals surface area (Å²) in [5.41, 5.74) is 1.05. The summed E-state index contributed by atoms with van der Waals surface area (Å²) in [6.07, 6.45) is 2.90. The van der Waals surface area contributed by atoms with Crippen LogP contribution in [0.2, 0.25) is 5.15 Å². The molecule has 0 radical (unpaired) electrons. The van der Waals surface area contributed by atoms with Crippen LogP contribution >= 0.6 is 11.6 Å². The maximum atomic E-state index is 12.1. The number of amides is 1. The summed E-state index contributed by atoms with van der Waals surface area (Å²) in [4.78, 5) is 24.2. The lowest BCUT2D eigenvalue weighted by atomic mass is 10.2. The lowest BCUT2D eigenvalue weighted by molar-refractivity contribution is 0.102. The van der Waals surface area contributed by atoms with Gasteiger partial charge in [-0.05, 0) is 12.1 Å². The molecule has 98 valence electrons. The number of carbonyl (C=O) groups is 1. The Bertz CT molecular complexity index is 791. The van der Waals surface area contributed by atoms with Crippen molar-refractivity contribution in [1.29, 1.82) is 0 Å². The van der Waals surface area contributed by atoms with Crippen LogP contribution in [0.3, 0.4) is 0 Å². The molecular weight excluding hydrogens is 276 g/mol. The van der Waals surface area contributed by atoms with Crippen LogP contribution in [0.15, 0.2) is 48.8 Å². The number of para-hydroxylation sites is 1. The number of nitrogens with one attached hydrogen (secondary N) is 1. The highest BCUT2D eigenvalue weighted by atomic mass is 35.5. The van der Waals surface area contributed by atoms with Crippen molar-refractivity contribution >= 4 is 34.2 Å². The van der Waals surface area contributed by atoms with Gasteiger partial charge in [0.15, 0.2) is 11.0 Å². The van der Waals surface area contributed by atoms with Crippen LogP contribution in [0, 0.1) is 0 Å². The highest BCUT2D eigenvalue weighted by Gasteiger charge is 2.11. The Hall–Kier alpha value is -2.53. The number of rotatable bonds is 2. The molecule has 0 aliphatic rings. The van der Waals surface area contributed by atoms with Crippen molar-refractivity contribution in [3.8, 4) is 0 Å². The third kappa shape index (κ3) is 2.44. The fourth-order valence-electron chi connectivity index (χ4n) is 1.77. The van der Waals surface area contributed by atoms with Crippen LogP contribution in [0.25, 0.3) is 10.9 Å². The largest absolute Gasteiger partial charge is 0.303 e. The molecule has 1 N–H and O–H groups in total. The standard InChI is InChI=1S/C14H9ClN4O/c15-12-13(17-8-7-16-12)19-14(20)11-6-5-9-3-1-2-4-10(9)18-11/h1-8H,(H,17,19,20). The molecule has 0 atom stereocenters. The third-order valence-electron chi connectivity index (χ3n) is 2.72. The van der Waals surface area contributed by atoms with Gasteiger partial charge in [-0.15, -0.1) is 0 Å². The number of hydrogen-bond donors (Lipinski definition) is 1. The van der Waals surface area contributed by atoms with Gasteiger partial charge < -0.3 is 5.32 Å². The number of carbonyl (C=O) groups excluding carboxylic acids is 1. The molecule has 3 aromatic rings. The second kappa shape index (κ2) is 5.22. The van der Waals surface area contributed by atoms with Gasteiger partial charge in [-0.2, -0.15) is 0 Å². The molecule has 2 heterocycles. The van der Waals surface area contributed by atoms with Crippen LogP contribution in [-0.4, -0.2) is 20.9 Å². The lowest BCUT2D eigenvalue weighted by Crippen LogP contribution is -2.15. The zero-order valence-electron chi connectivity index (χ0n) is 10.2. The molecule has 0 saturated heterocycles. The summed E-state index contributed by atoms with van der Waals surface area (Å²) < 4.78 is 0. The number of benzene rings is 1. The monoisotopic (exact) mass is 284 g/mol. The number of fused-ring (bicyclic) bond motifs is 1. The molecule has 0 fully saturated rings. The predicted molar refractivity (Wildman–Crippen MR) is 76.7 cm³/mol. The minimum Gasteiger partial charge on any atom is -0.303 e. The van der Waals surface area contributed by atoms with Gasteiger partial charge in [-0.25, -0.2) is 15.0 Å². The average Bonchev–Trinajstić information content (AvgIpc) is 2.49. The van der Waals surface area contributed by atoms with E-state index in [9.17, 15) is 4.79 Å². The van der Waals surface area contributed by atoms with Crippen molar-refractivity contribution in [2.24, 2.45) is 0 Å². The highest BCUT2D eigenvalue weighted by Crippen LogP contribution is 2.16. The zero-order chi connectivity index (χ0) is 13.9. The van der Waals surface area contributed by atoms with E-state index in [1.54, 1.807) is 6.07 Å². The molecule has 20 heavy (non-hydrogen) atoms. The maximum absolute atomic E-state index is 12.1. The molecular formula is C14H9ClN4O. The molecule has 1 aromatic carbocycles. The summed E-state index contributed by atoms with van der Waals surface area (Å²) >= 11 is 5.84. The first-order chi connectivity index (χ1) is 9.74. The van der Waals surface area contributed by atoms with E-state index in [-0.39, 0.29) is 16.9 Å². The Morgan fingerprint density at radius 3 is 2.70 bits per heavy atom. The van der Waals surface area contributed by atoms with E-state index in [0.717, 1.165) is 10.9 Å². The van der Waals surface area contributed by atoms with Crippen LogP contribution < -0.4 is 5.32 Å². The summed E-state index contributed by atoms with van der Waals surface area (Å²) in [7, 11) is 0. The summed E-state index contributed by atoms with van der Waals surface area (Å²) in [5, 5.41) is 3.70. The first-order valence-corrected chi connectivity index (χ1v) is 6.25. The third-order valence-corrected chi connectivity index (χ3v) is 2.99. The van der Waals surface area contributed by atoms with Crippen molar-refractivity contribution in [2.75, 3.05) is 5.32 Å². The van der Waals surface area contributed by atoms with E-state index in [4.69, 9.17) is 11.6 Å². The quantitative estimate of drug-likeness (QED) is 0.785. The van der Waals surface area contributed by atoms with Crippen molar-refractivity contribution in [1.82, 2.24) is 15.0 Å². The van der Waals surface area contributed by atoms with Crippen LogP contribution in [-0.2, 0) is 0 Å². The SMILES string of the molecule is O=C(Nc1nccnc1Cl)c1ccc2ccccc2n1. The number of pyridine rings is 1. The Morgan fingerprint density at radius 2 is 1.85 bits per heavy atom. The van der Waals surface area contributed by atoms with Gasteiger partial charge >= 0.3 is 0 Å². The highest BCUT2D eigenvalue weighted by molar-refractivity contribution is 6.32. The Labute approximate surface area is 119 Å². The van der Waals surface area contributed by atoms with Gasteiger partial charge in [0.2, 0.25) is 0 Å². The molecule has 0 aliphatic carbocycles. The van der Waals surface area contributed by atoms with Gasteiger partial charge in [0.1, 0.15) is 5.69 Å². The van der Waals surface area contributed by atoms with E-state index < -0.39 is 0 Å². The van der Waals surface area contributed by atoms with Crippen molar-refractivity contribution in [3.05, 3.63) is 59.6 Å². The molecule has 0 unspecified atom stereocenters. The molecule has 2 aromatic heterocycles. The van der Waals surface area contributed by atoms with Crippen molar-refractivity contribution in [2.45, 2.75) is 0 Å². The number of hydrogen-bond acceptors (Lipinski definition) is 4. The normalized spacial score (nSPS) is 10.4. The topological polar surface area (TPSA) is 67.8 Å². The minimum absolute atomic E-state index is 0.140. The van der Waals surface area contributed by atoms with E-state index in [2.05, 4.69) is 20.3 Å². The van der Waals surface area contributed by atoms with Gasteiger partial charge in [-0.3, -0.25) is 4.79 Å². The lowest BCUT2D eigenvalue weighted by Gasteiger charge is -2.05. The predicted octanol–water partition coefficient (Wildman–Crippen LogP) is 2.93. The van der Waals surface area contributed by atoms with E-state index in [1.165, 1.54) is 12.4 Å². The Balaban J connectivity index is 1.91. The van der Waals surface area contributed by atoms with Gasteiger partial charge in [-0.1, -0.05) is 35.9 Å². The Morgan fingerprint density at radius 1 is 1.05 bits per heavy atom. The first kappa shape index (κ1) is 12.5. The second-order valence-electron chi connectivity index (χ2n) is 4.04. The smallest absolute Gasteiger partial charge is 0.275 e. The second-order valence-corrected chi connectivity index (χ2v) is 4.40. The molecule has 0 bridgehead atoms. The van der Waals surface area contributed by atoms with Gasteiger partial charge in [0.05, 0.1) is 5.52 Å². The average molecular weight is 285 g/mol. The Kier molecular flexibility index (Phi) is 3.26. The molecule has 1 amide bonds. The van der Waals surface area contributed by atoms with Crippen molar-refractivity contribution in [3.63, 3.8) is 0 Å².